The van der Waals surface area contributed by atoms with Crippen molar-refractivity contribution in [3.63, 3.8) is 0 Å². The van der Waals surface area contributed by atoms with Crippen LogP contribution < -0.4 is 5.32 Å². The molecule has 1 atom stereocenters. The van der Waals surface area contributed by atoms with E-state index in [9.17, 15) is 25.0 Å². The topological polar surface area (TPSA) is 115 Å². The number of carbonyl (C=O) groups excluding carboxylic acids is 1. The number of carbonyl (C=O) groups is 1. The van der Waals surface area contributed by atoms with Gasteiger partial charge in [-0.15, -0.1) is 11.8 Å². The second-order valence-electron chi connectivity index (χ2n) is 5.13. The molecule has 0 saturated heterocycles. The van der Waals surface area contributed by atoms with Gasteiger partial charge < -0.3 is 5.32 Å². The molecule has 0 radical (unpaired) electrons. The van der Waals surface area contributed by atoms with Crippen molar-refractivity contribution in [3.8, 4) is 11.1 Å². The summed E-state index contributed by atoms with van der Waals surface area (Å²) in [6, 6.07) is 8.81. The van der Waals surface area contributed by atoms with Gasteiger partial charge in [-0.25, -0.2) is 0 Å². The summed E-state index contributed by atoms with van der Waals surface area (Å²) in [6.45, 7) is 0. The Kier molecular flexibility index (Phi) is 3.94. The van der Waals surface area contributed by atoms with Crippen molar-refractivity contribution in [2.45, 2.75) is 5.25 Å². The molecule has 2 aromatic carbocycles. The molecule has 0 aromatic heterocycles. The lowest BCUT2D eigenvalue weighted by Gasteiger charge is -2.08. The third-order valence-corrected chi connectivity index (χ3v) is 4.70. The van der Waals surface area contributed by atoms with Crippen LogP contribution in [0.25, 0.3) is 11.1 Å². The summed E-state index contributed by atoms with van der Waals surface area (Å²) in [4.78, 5) is 33.0. The number of hydrogen-bond acceptors (Lipinski definition) is 6. The van der Waals surface area contributed by atoms with Crippen LogP contribution in [-0.4, -0.2) is 22.0 Å². The molecule has 8 nitrogen and oxygen atoms in total. The monoisotopic (exact) mass is 345 g/mol. The highest BCUT2D eigenvalue weighted by Crippen LogP contribution is 2.46. The van der Waals surface area contributed by atoms with E-state index >= 15 is 0 Å². The van der Waals surface area contributed by atoms with Crippen molar-refractivity contribution in [1.82, 2.24) is 0 Å². The van der Waals surface area contributed by atoms with Crippen LogP contribution >= 0.6 is 11.8 Å². The number of benzene rings is 2. The number of amides is 1. The second kappa shape index (κ2) is 5.93. The van der Waals surface area contributed by atoms with Gasteiger partial charge in [-0.3, -0.25) is 25.0 Å². The van der Waals surface area contributed by atoms with Gasteiger partial charge in [0, 0.05) is 23.8 Å². The SMILES string of the molecule is CSC1C(=O)Nc2c1cc(-c1ccc([N+](=O)[O-])cc1)cc2[N+](=O)[O-]. The van der Waals surface area contributed by atoms with Crippen LogP contribution in [0.2, 0.25) is 0 Å². The molecule has 1 amide bonds. The van der Waals surface area contributed by atoms with E-state index in [-0.39, 0.29) is 23.0 Å². The maximum absolute atomic E-state index is 12.0. The standard InChI is InChI=1S/C15H11N3O5S/c1-24-14-11-6-9(8-2-4-10(5-3-8)17(20)21)7-12(18(22)23)13(11)16-15(14)19/h2-7,14H,1H3,(H,16,19). The lowest BCUT2D eigenvalue weighted by Crippen LogP contribution is -2.08. The van der Waals surface area contributed by atoms with Gasteiger partial charge in [-0.1, -0.05) is 0 Å². The number of fused-ring (bicyclic) bond motifs is 1. The van der Waals surface area contributed by atoms with Crippen LogP contribution in [0.3, 0.4) is 0 Å². The number of rotatable bonds is 4. The first-order valence-electron chi connectivity index (χ1n) is 6.83. The van der Waals surface area contributed by atoms with Crippen molar-refractivity contribution in [2.24, 2.45) is 0 Å². The Hall–Kier alpha value is -2.94. The van der Waals surface area contributed by atoms with E-state index in [1.54, 1.807) is 12.3 Å². The van der Waals surface area contributed by atoms with Crippen LogP contribution in [0.1, 0.15) is 10.8 Å². The van der Waals surface area contributed by atoms with E-state index < -0.39 is 15.1 Å². The van der Waals surface area contributed by atoms with Crippen LogP contribution in [0.5, 0.6) is 0 Å². The van der Waals surface area contributed by atoms with Crippen LogP contribution in [0, 0.1) is 20.2 Å². The van der Waals surface area contributed by atoms with Crippen LogP contribution in [0.4, 0.5) is 17.1 Å². The number of nitro groups is 2. The zero-order valence-corrected chi connectivity index (χ0v) is 13.2. The number of hydrogen-bond donors (Lipinski definition) is 1. The Balaban J connectivity index is 2.15. The molecule has 0 aliphatic carbocycles. The summed E-state index contributed by atoms with van der Waals surface area (Å²) < 4.78 is 0. The number of nitro benzene ring substituents is 2. The minimum atomic E-state index is -0.545. The van der Waals surface area contributed by atoms with Gasteiger partial charge in [-0.05, 0) is 35.6 Å². The summed E-state index contributed by atoms with van der Waals surface area (Å²) >= 11 is 1.29. The maximum atomic E-state index is 12.0. The summed E-state index contributed by atoms with van der Waals surface area (Å²) in [7, 11) is 0. The smallest absolute Gasteiger partial charge is 0.293 e. The molecule has 0 fully saturated rings. The average Bonchev–Trinajstić information content (AvgIpc) is 2.88. The Morgan fingerprint density at radius 3 is 2.25 bits per heavy atom. The molecule has 24 heavy (non-hydrogen) atoms. The quantitative estimate of drug-likeness (QED) is 0.669. The predicted octanol–water partition coefficient (Wildman–Crippen LogP) is 3.53. The fourth-order valence-electron chi connectivity index (χ4n) is 2.64. The van der Waals surface area contributed by atoms with Crippen molar-refractivity contribution < 1.29 is 14.6 Å². The molecule has 1 aliphatic rings. The molecule has 9 heteroatoms. The highest BCUT2D eigenvalue weighted by Gasteiger charge is 2.35. The summed E-state index contributed by atoms with van der Waals surface area (Å²) in [5, 5.41) is 24.1. The Bertz CT molecular complexity index is 866. The summed E-state index contributed by atoms with van der Waals surface area (Å²) in [5.41, 5.74) is 1.65. The van der Waals surface area contributed by atoms with Crippen LogP contribution in [-0.2, 0) is 4.79 Å². The first-order valence-corrected chi connectivity index (χ1v) is 8.12. The average molecular weight is 345 g/mol. The molecule has 3 rings (SSSR count). The third kappa shape index (κ3) is 2.58. The Morgan fingerprint density at radius 2 is 1.71 bits per heavy atom. The maximum Gasteiger partial charge on any atom is 0.293 e. The van der Waals surface area contributed by atoms with Gasteiger partial charge in [0.05, 0.1) is 9.85 Å². The van der Waals surface area contributed by atoms with Crippen molar-refractivity contribution >= 4 is 34.7 Å². The van der Waals surface area contributed by atoms with Crippen molar-refractivity contribution in [3.05, 3.63) is 62.2 Å². The van der Waals surface area contributed by atoms with E-state index in [4.69, 9.17) is 0 Å². The van der Waals surface area contributed by atoms with Gasteiger partial charge in [0.1, 0.15) is 10.9 Å². The summed E-state index contributed by atoms with van der Waals surface area (Å²) in [6.07, 6.45) is 1.75. The minimum Gasteiger partial charge on any atom is -0.319 e. The van der Waals surface area contributed by atoms with Gasteiger partial charge in [0.15, 0.2) is 0 Å². The molecule has 1 aliphatic heterocycles. The van der Waals surface area contributed by atoms with E-state index in [1.807, 2.05) is 0 Å². The Morgan fingerprint density at radius 1 is 1.04 bits per heavy atom. The second-order valence-corrected chi connectivity index (χ2v) is 6.07. The fraction of sp³-hybridized carbons (Fsp3) is 0.133. The highest BCUT2D eigenvalue weighted by molar-refractivity contribution is 7.99. The number of non-ortho nitro benzene ring substituents is 1. The highest BCUT2D eigenvalue weighted by atomic mass is 32.2. The third-order valence-electron chi connectivity index (χ3n) is 3.76. The van der Waals surface area contributed by atoms with Gasteiger partial charge in [0.25, 0.3) is 11.4 Å². The van der Waals surface area contributed by atoms with Crippen LogP contribution in [0.15, 0.2) is 36.4 Å². The molecular weight excluding hydrogens is 334 g/mol. The largest absolute Gasteiger partial charge is 0.319 e. The molecule has 1 heterocycles. The lowest BCUT2D eigenvalue weighted by atomic mass is 10.00. The first-order chi connectivity index (χ1) is 11.4. The molecule has 1 unspecified atom stereocenters. The van der Waals surface area contributed by atoms with Gasteiger partial charge in [-0.2, -0.15) is 0 Å². The van der Waals surface area contributed by atoms with E-state index in [0.29, 0.717) is 16.7 Å². The normalized spacial score (nSPS) is 15.7. The number of nitrogens with zero attached hydrogens (tertiary/aromatic N) is 2. The van der Waals surface area contributed by atoms with E-state index in [2.05, 4.69) is 5.32 Å². The summed E-state index contributed by atoms with van der Waals surface area (Å²) in [5.74, 6) is -0.290. The molecule has 0 bridgehead atoms. The zero-order valence-electron chi connectivity index (χ0n) is 12.4. The van der Waals surface area contributed by atoms with Crippen molar-refractivity contribution in [1.29, 1.82) is 0 Å². The fourth-order valence-corrected chi connectivity index (χ4v) is 3.35. The number of nitrogens with one attached hydrogen (secondary N) is 1. The number of thioether (sulfide) groups is 1. The predicted molar refractivity (Wildman–Crippen MR) is 90.1 cm³/mol. The van der Waals surface area contributed by atoms with Gasteiger partial charge in [0.2, 0.25) is 5.91 Å². The molecule has 2 aromatic rings. The van der Waals surface area contributed by atoms with Gasteiger partial charge >= 0.3 is 0 Å². The zero-order chi connectivity index (χ0) is 17.4. The molecule has 1 N–H and O–H groups in total. The molecule has 0 saturated carbocycles. The molecular formula is C15H11N3O5S. The van der Waals surface area contributed by atoms with Crippen molar-refractivity contribution in [2.75, 3.05) is 11.6 Å². The van der Waals surface area contributed by atoms with E-state index in [0.717, 1.165) is 0 Å². The molecule has 0 spiro atoms. The lowest BCUT2D eigenvalue weighted by molar-refractivity contribution is -0.384. The first kappa shape index (κ1) is 15.9. The number of anilines is 1. The van der Waals surface area contributed by atoms with E-state index in [1.165, 1.54) is 42.1 Å². The molecule has 122 valence electrons. The minimum absolute atomic E-state index is 0.0618. The Labute approximate surface area is 140 Å².